The van der Waals surface area contributed by atoms with E-state index in [0.29, 0.717) is 28.3 Å². The zero-order chi connectivity index (χ0) is 21.0. The predicted octanol–water partition coefficient (Wildman–Crippen LogP) is 1.63. The number of amides is 3. The molecule has 3 rings (SSSR count). The van der Waals surface area contributed by atoms with Crippen LogP contribution < -0.4 is 20.1 Å². The third kappa shape index (κ3) is 4.48. The van der Waals surface area contributed by atoms with Crippen LogP contribution in [0.25, 0.3) is 0 Å². The van der Waals surface area contributed by atoms with Crippen molar-refractivity contribution in [1.82, 2.24) is 10.2 Å². The highest BCUT2D eigenvalue weighted by Gasteiger charge is 2.32. The third-order valence-corrected chi connectivity index (χ3v) is 4.74. The van der Waals surface area contributed by atoms with Crippen molar-refractivity contribution in [2.24, 2.45) is 0 Å². The molecule has 0 saturated carbocycles. The van der Waals surface area contributed by atoms with E-state index in [2.05, 4.69) is 10.6 Å². The van der Waals surface area contributed by atoms with Crippen molar-refractivity contribution in [2.75, 3.05) is 39.7 Å². The van der Waals surface area contributed by atoms with Crippen LogP contribution in [-0.4, -0.2) is 57.0 Å². The molecule has 1 aliphatic heterocycles. The Hall–Kier alpha value is -3.55. The lowest BCUT2D eigenvalue weighted by molar-refractivity contribution is -0.134. The van der Waals surface area contributed by atoms with Gasteiger partial charge in [0, 0.05) is 43.0 Å². The number of carbonyl (C=O) groups excluding carboxylic acids is 3. The van der Waals surface area contributed by atoms with Crippen molar-refractivity contribution in [3.63, 3.8) is 0 Å². The molecule has 29 heavy (non-hydrogen) atoms. The Balaban J connectivity index is 1.68. The number of nitrogens with zero attached hydrogens (tertiary/aromatic N) is 1. The molecule has 1 unspecified atom stereocenters. The number of carbonyl (C=O) groups is 3. The normalized spacial score (nSPS) is 15.0. The van der Waals surface area contributed by atoms with Gasteiger partial charge in [-0.1, -0.05) is 18.2 Å². The van der Waals surface area contributed by atoms with Gasteiger partial charge in [-0.2, -0.15) is 0 Å². The van der Waals surface area contributed by atoms with Gasteiger partial charge < -0.3 is 25.0 Å². The molecule has 8 nitrogen and oxygen atoms in total. The molecule has 0 spiro atoms. The average molecular weight is 397 g/mol. The molecule has 2 N–H and O–H groups in total. The van der Waals surface area contributed by atoms with Crippen molar-refractivity contribution >= 4 is 23.4 Å². The van der Waals surface area contributed by atoms with E-state index in [9.17, 15) is 14.4 Å². The molecular formula is C21H23N3O5. The van der Waals surface area contributed by atoms with E-state index in [-0.39, 0.29) is 30.8 Å². The molecule has 0 fully saturated rings. The van der Waals surface area contributed by atoms with Crippen molar-refractivity contribution in [3.05, 3.63) is 53.6 Å². The van der Waals surface area contributed by atoms with Crippen molar-refractivity contribution < 1.29 is 23.9 Å². The quantitative estimate of drug-likeness (QED) is 0.772. The number of ether oxygens (including phenoxy) is 2. The summed E-state index contributed by atoms with van der Waals surface area (Å²) >= 11 is 0. The first-order chi connectivity index (χ1) is 13.9. The van der Waals surface area contributed by atoms with Crippen LogP contribution in [0.15, 0.2) is 42.5 Å². The summed E-state index contributed by atoms with van der Waals surface area (Å²) in [7, 11) is 4.61. The SMILES string of the molecule is COc1cc(NC(=O)CN(C)C(=O)C2CNC(=O)c3ccccc32)cc(OC)c1. The van der Waals surface area contributed by atoms with E-state index in [1.165, 1.54) is 19.1 Å². The van der Waals surface area contributed by atoms with Gasteiger partial charge in [-0.25, -0.2) is 0 Å². The van der Waals surface area contributed by atoms with Gasteiger partial charge in [0.15, 0.2) is 0 Å². The molecule has 0 bridgehead atoms. The second kappa shape index (κ2) is 8.64. The molecule has 0 saturated heterocycles. The van der Waals surface area contributed by atoms with Gasteiger partial charge in [-0.3, -0.25) is 14.4 Å². The van der Waals surface area contributed by atoms with Crippen molar-refractivity contribution in [2.45, 2.75) is 5.92 Å². The Morgan fingerprint density at radius 2 is 1.79 bits per heavy atom. The van der Waals surface area contributed by atoms with E-state index in [4.69, 9.17) is 9.47 Å². The van der Waals surface area contributed by atoms with Gasteiger partial charge in [0.2, 0.25) is 11.8 Å². The summed E-state index contributed by atoms with van der Waals surface area (Å²) in [6.45, 7) is 0.0681. The number of hydrogen-bond donors (Lipinski definition) is 2. The summed E-state index contributed by atoms with van der Waals surface area (Å²) in [5, 5.41) is 5.47. The predicted molar refractivity (Wildman–Crippen MR) is 107 cm³/mol. The fourth-order valence-corrected chi connectivity index (χ4v) is 3.27. The number of hydrogen-bond acceptors (Lipinski definition) is 5. The van der Waals surface area contributed by atoms with Crippen molar-refractivity contribution in [1.29, 1.82) is 0 Å². The zero-order valence-electron chi connectivity index (χ0n) is 16.5. The highest BCUT2D eigenvalue weighted by Crippen LogP contribution is 2.27. The molecule has 8 heteroatoms. The molecule has 1 heterocycles. The van der Waals surface area contributed by atoms with Crippen LogP contribution in [0.1, 0.15) is 21.8 Å². The van der Waals surface area contributed by atoms with Crippen LogP contribution in [0.2, 0.25) is 0 Å². The maximum absolute atomic E-state index is 12.9. The van der Waals surface area contributed by atoms with Crippen LogP contribution in [0.3, 0.4) is 0 Å². The standard InChI is InChI=1S/C21H23N3O5/c1-24(12-19(25)23-13-8-14(28-2)10-15(9-13)29-3)21(27)18-11-22-20(26)17-7-5-4-6-16(17)18/h4-10,18H,11-12H2,1-3H3,(H,22,26)(H,23,25). The first-order valence-corrected chi connectivity index (χ1v) is 9.08. The molecule has 1 atom stereocenters. The Labute approximate surface area is 168 Å². The largest absolute Gasteiger partial charge is 0.497 e. The van der Waals surface area contributed by atoms with Gasteiger partial charge >= 0.3 is 0 Å². The highest BCUT2D eigenvalue weighted by atomic mass is 16.5. The highest BCUT2D eigenvalue weighted by molar-refractivity contribution is 6.01. The fraction of sp³-hybridized carbons (Fsp3) is 0.286. The van der Waals surface area contributed by atoms with Gasteiger partial charge in [-0.05, 0) is 11.6 Å². The van der Waals surface area contributed by atoms with E-state index in [0.717, 1.165) is 0 Å². The first kappa shape index (κ1) is 20.2. The lowest BCUT2D eigenvalue weighted by Crippen LogP contribution is -2.44. The summed E-state index contributed by atoms with van der Waals surface area (Å²) in [6, 6.07) is 12.0. The molecule has 2 aromatic rings. The minimum absolute atomic E-state index is 0.134. The monoisotopic (exact) mass is 397 g/mol. The van der Waals surface area contributed by atoms with E-state index < -0.39 is 5.92 Å². The van der Waals surface area contributed by atoms with Crippen LogP contribution in [0, 0.1) is 0 Å². The van der Waals surface area contributed by atoms with E-state index >= 15 is 0 Å². The molecule has 0 radical (unpaired) electrons. The summed E-state index contributed by atoms with van der Waals surface area (Å²) in [5.41, 5.74) is 1.66. The average Bonchev–Trinajstić information content (AvgIpc) is 2.73. The lowest BCUT2D eigenvalue weighted by atomic mass is 9.89. The van der Waals surface area contributed by atoms with E-state index in [1.54, 1.807) is 49.5 Å². The summed E-state index contributed by atoms with van der Waals surface area (Å²) in [6.07, 6.45) is 0. The molecular weight excluding hydrogens is 374 g/mol. The number of methoxy groups -OCH3 is 2. The number of likely N-dealkylation sites (N-methyl/N-ethyl adjacent to an activating group) is 1. The van der Waals surface area contributed by atoms with Crippen LogP contribution in [0.5, 0.6) is 11.5 Å². The summed E-state index contributed by atoms with van der Waals surface area (Å²) in [5.74, 6) is -0.243. The number of nitrogens with one attached hydrogen (secondary N) is 2. The Kier molecular flexibility index (Phi) is 6.01. The Morgan fingerprint density at radius 1 is 1.14 bits per heavy atom. The smallest absolute Gasteiger partial charge is 0.251 e. The molecule has 3 amide bonds. The van der Waals surface area contributed by atoms with E-state index in [1.807, 2.05) is 0 Å². The zero-order valence-corrected chi connectivity index (χ0v) is 16.5. The Bertz CT molecular complexity index is 921. The van der Waals surface area contributed by atoms with Crippen molar-refractivity contribution in [3.8, 4) is 11.5 Å². The van der Waals surface area contributed by atoms with Gasteiger partial charge in [0.1, 0.15) is 11.5 Å². The lowest BCUT2D eigenvalue weighted by Gasteiger charge is -2.28. The number of benzene rings is 2. The topological polar surface area (TPSA) is 97.0 Å². The summed E-state index contributed by atoms with van der Waals surface area (Å²) in [4.78, 5) is 38.7. The molecule has 2 aromatic carbocycles. The third-order valence-electron chi connectivity index (χ3n) is 4.74. The van der Waals surface area contributed by atoms with Crippen LogP contribution >= 0.6 is 0 Å². The maximum Gasteiger partial charge on any atom is 0.251 e. The second-order valence-electron chi connectivity index (χ2n) is 6.69. The fourth-order valence-electron chi connectivity index (χ4n) is 3.27. The maximum atomic E-state index is 12.9. The molecule has 1 aliphatic rings. The first-order valence-electron chi connectivity index (χ1n) is 9.08. The minimum atomic E-state index is -0.529. The molecule has 0 aliphatic carbocycles. The number of rotatable bonds is 6. The van der Waals surface area contributed by atoms with Crippen LogP contribution in [0.4, 0.5) is 5.69 Å². The number of fused-ring (bicyclic) bond motifs is 1. The minimum Gasteiger partial charge on any atom is -0.497 e. The van der Waals surface area contributed by atoms with Gasteiger partial charge in [0.25, 0.3) is 5.91 Å². The number of anilines is 1. The Morgan fingerprint density at radius 3 is 2.45 bits per heavy atom. The second-order valence-corrected chi connectivity index (χ2v) is 6.69. The molecule has 152 valence electrons. The van der Waals surface area contributed by atoms with Crippen LogP contribution in [-0.2, 0) is 9.59 Å². The summed E-state index contributed by atoms with van der Waals surface area (Å²) < 4.78 is 10.4. The molecule has 0 aromatic heterocycles. The van der Waals surface area contributed by atoms with Gasteiger partial charge in [0.05, 0.1) is 26.7 Å². The van der Waals surface area contributed by atoms with Gasteiger partial charge in [-0.15, -0.1) is 0 Å².